The maximum Gasteiger partial charge on any atom is 0.236 e. The Morgan fingerprint density at radius 2 is 1.82 bits per heavy atom. The van der Waals surface area contributed by atoms with Crippen LogP contribution >= 0.6 is 71.7 Å². The molecular weight excluding hydrogens is 691 g/mol. The normalized spacial score (nSPS) is 13.8. The van der Waals surface area contributed by atoms with Gasteiger partial charge in [0.2, 0.25) is 5.91 Å². The fraction of sp³-hybridized carbons (Fsp3) is 0.290. The number of benzene rings is 1. The Kier molecular flexibility index (Phi) is 13.3. The molecule has 0 bridgehead atoms. The summed E-state index contributed by atoms with van der Waals surface area (Å²) in [7, 11) is 3.85. The lowest BCUT2D eigenvalue weighted by atomic mass is 9.78. The molecule has 1 N–H and O–H groups in total. The zero-order valence-electron chi connectivity index (χ0n) is 25.0. The second-order valence-corrected chi connectivity index (χ2v) is 13.7. The maximum absolute atomic E-state index is 12.5. The van der Waals surface area contributed by atoms with Crippen LogP contribution in [0.4, 0.5) is 10.9 Å². The molecule has 8 nitrogen and oxygen atoms in total. The highest BCUT2D eigenvalue weighted by Gasteiger charge is 2.35. The minimum atomic E-state index is -0.0830. The summed E-state index contributed by atoms with van der Waals surface area (Å²) in [6, 6.07) is 15.8. The number of carbonyl (C=O) groups excluding carboxylic acids is 1. The van der Waals surface area contributed by atoms with Crippen LogP contribution in [0.25, 0.3) is 10.2 Å². The van der Waals surface area contributed by atoms with Crippen LogP contribution in [0.15, 0.2) is 81.5 Å². The number of thiophene rings is 1. The predicted octanol–water partition coefficient (Wildman–Crippen LogP) is 8.54. The van der Waals surface area contributed by atoms with Crippen molar-refractivity contribution in [2.75, 3.05) is 39.0 Å². The fourth-order valence-electron chi connectivity index (χ4n) is 4.91. The number of likely N-dealkylation sites (N-methyl/N-ethyl adjacent to an activating group) is 1. The molecule has 0 aliphatic carbocycles. The lowest BCUT2D eigenvalue weighted by Crippen LogP contribution is -2.46. The van der Waals surface area contributed by atoms with Crippen LogP contribution in [-0.4, -0.2) is 64.4 Å². The first-order valence-electron chi connectivity index (χ1n) is 13.7. The second kappa shape index (κ2) is 16.3. The van der Waals surface area contributed by atoms with Gasteiger partial charge in [0, 0.05) is 52.1 Å². The molecule has 45 heavy (non-hydrogen) atoms. The van der Waals surface area contributed by atoms with Crippen molar-refractivity contribution in [2.45, 2.75) is 35.0 Å². The first-order valence-corrected chi connectivity index (χ1v) is 16.3. The number of ether oxygens (including phenoxy) is 1. The van der Waals surface area contributed by atoms with Crippen molar-refractivity contribution in [3.8, 4) is 11.5 Å². The van der Waals surface area contributed by atoms with Crippen LogP contribution < -0.4 is 10.1 Å². The maximum atomic E-state index is 12.5. The smallest absolute Gasteiger partial charge is 0.236 e. The molecule has 1 fully saturated rings. The van der Waals surface area contributed by atoms with E-state index in [-0.39, 0.29) is 48.5 Å². The van der Waals surface area contributed by atoms with Crippen molar-refractivity contribution < 1.29 is 9.53 Å². The van der Waals surface area contributed by atoms with Crippen molar-refractivity contribution in [2.24, 2.45) is 0 Å². The summed E-state index contributed by atoms with van der Waals surface area (Å²) in [5.74, 6) is 2.15. The molecule has 5 heterocycles. The highest BCUT2D eigenvalue weighted by Crippen LogP contribution is 2.41. The van der Waals surface area contributed by atoms with E-state index in [4.69, 9.17) is 14.7 Å². The summed E-state index contributed by atoms with van der Waals surface area (Å²) in [6.45, 7) is 4.18. The van der Waals surface area contributed by atoms with Crippen molar-refractivity contribution in [3.63, 3.8) is 0 Å². The Balaban J connectivity index is 0.00000184. The average Bonchev–Trinajstić information content (AvgIpc) is 3.66. The van der Waals surface area contributed by atoms with E-state index in [0.29, 0.717) is 18.1 Å². The van der Waals surface area contributed by atoms with Gasteiger partial charge >= 0.3 is 0 Å². The summed E-state index contributed by atoms with van der Waals surface area (Å²) in [6.07, 6.45) is 5.47. The first kappa shape index (κ1) is 36.8. The quantitative estimate of drug-likeness (QED) is 0.162. The zero-order chi connectivity index (χ0) is 29.1. The number of anilines is 2. The Hall–Kier alpha value is -2.64. The number of thiazole rings is 1. The number of fused-ring (bicyclic) bond motifs is 1. The largest absolute Gasteiger partial charge is 0.453 e. The Morgan fingerprint density at radius 1 is 1.07 bits per heavy atom. The molecule has 0 unspecified atom stereocenters. The first-order chi connectivity index (χ1) is 20.4. The van der Waals surface area contributed by atoms with Gasteiger partial charge in [-0.3, -0.25) is 9.78 Å². The number of rotatable bonds is 9. The molecule has 14 heteroatoms. The Labute approximate surface area is 294 Å². The van der Waals surface area contributed by atoms with Crippen LogP contribution in [0.2, 0.25) is 0 Å². The molecule has 4 aromatic heterocycles. The highest BCUT2D eigenvalue weighted by atomic mass is 35.5. The number of pyridine rings is 2. The van der Waals surface area contributed by atoms with Crippen molar-refractivity contribution in [1.29, 1.82) is 0 Å². The number of para-hydroxylation sites is 1. The van der Waals surface area contributed by atoms with Gasteiger partial charge in [0.1, 0.15) is 5.75 Å². The molecule has 1 aliphatic heterocycles. The molecule has 5 aromatic rings. The van der Waals surface area contributed by atoms with Gasteiger partial charge < -0.3 is 19.9 Å². The van der Waals surface area contributed by atoms with Crippen LogP contribution in [0.1, 0.15) is 25.5 Å². The number of halogens is 3. The topological polar surface area (TPSA) is 83.5 Å². The molecule has 0 spiro atoms. The van der Waals surface area contributed by atoms with E-state index in [0.717, 1.165) is 62.5 Å². The van der Waals surface area contributed by atoms with E-state index in [1.165, 1.54) is 0 Å². The van der Waals surface area contributed by atoms with Gasteiger partial charge in [0.15, 0.2) is 16.7 Å². The summed E-state index contributed by atoms with van der Waals surface area (Å²) < 4.78 is 7.48. The van der Waals surface area contributed by atoms with Gasteiger partial charge in [0.05, 0.1) is 22.5 Å². The molecule has 1 saturated heterocycles. The molecule has 0 saturated carbocycles. The van der Waals surface area contributed by atoms with Crippen LogP contribution in [0.3, 0.4) is 0 Å². The molecule has 6 rings (SSSR count). The predicted molar refractivity (Wildman–Crippen MR) is 193 cm³/mol. The third kappa shape index (κ3) is 8.79. The number of carbonyl (C=O) groups is 1. The average molecular weight is 726 g/mol. The molecule has 1 amide bonds. The third-order valence-corrected chi connectivity index (χ3v) is 10.2. The lowest BCUT2D eigenvalue weighted by molar-refractivity contribution is -0.133. The van der Waals surface area contributed by atoms with Crippen LogP contribution in [0.5, 0.6) is 11.5 Å². The molecule has 240 valence electrons. The van der Waals surface area contributed by atoms with Crippen molar-refractivity contribution in [1.82, 2.24) is 24.8 Å². The number of nitrogens with one attached hydrogen (secondary N) is 1. The van der Waals surface area contributed by atoms with Gasteiger partial charge in [-0.15, -0.1) is 59.9 Å². The lowest BCUT2D eigenvalue weighted by Gasteiger charge is -2.38. The van der Waals surface area contributed by atoms with E-state index in [1.807, 2.05) is 84.8 Å². The Bertz CT molecular complexity index is 1690. The van der Waals surface area contributed by atoms with E-state index in [2.05, 4.69) is 28.0 Å². The van der Waals surface area contributed by atoms with Gasteiger partial charge in [0.25, 0.3) is 0 Å². The molecule has 0 radical (unpaired) electrons. The minimum Gasteiger partial charge on any atom is -0.453 e. The zero-order valence-corrected chi connectivity index (χ0v) is 29.9. The van der Waals surface area contributed by atoms with Crippen LogP contribution in [0, 0.1) is 0 Å². The van der Waals surface area contributed by atoms with Gasteiger partial charge in [-0.1, -0.05) is 36.9 Å². The number of amides is 1. The van der Waals surface area contributed by atoms with Crippen molar-refractivity contribution in [3.05, 3.63) is 77.4 Å². The second-order valence-electron chi connectivity index (χ2n) is 10.8. The number of likely N-dealkylation sites (tertiary alicyclic amines) is 1. The van der Waals surface area contributed by atoms with E-state index >= 15 is 0 Å². The number of nitrogens with zero attached hydrogens (tertiary/aromatic N) is 5. The highest BCUT2D eigenvalue weighted by molar-refractivity contribution is 7.99. The van der Waals surface area contributed by atoms with Gasteiger partial charge in [-0.25, -0.2) is 9.97 Å². The number of piperidine rings is 1. The minimum absolute atomic E-state index is 0. The van der Waals surface area contributed by atoms with Crippen molar-refractivity contribution >= 4 is 98.7 Å². The van der Waals surface area contributed by atoms with E-state index < -0.39 is 0 Å². The molecule has 1 aromatic carbocycles. The SMILES string of the molecule is CN(C)CC(=O)N1CCC(C)(c2csc(Nc3ncc(Sc4ccnc5ccsc45)cc3Oc3ccccc3)n2)CC1.Cl.Cl.Cl. The standard InChI is InChI=1S/C31H32N6O2S3.3ClH/c1-31(11-14-37(15-12-31)27(38)19-36(2)3)26-20-41-30(34-26)35-29-24(39-21-7-5-4-6-8-21)17-22(18-33-29)42-25-9-13-32-23-10-16-40-28(23)25;;;/h4-10,13,16-18,20H,11-12,14-15,19H2,1-3H3,(H,33,34,35);3*1H. The summed E-state index contributed by atoms with van der Waals surface area (Å²) in [5.41, 5.74) is 1.96. The number of aromatic nitrogens is 3. The number of hydrogen-bond donors (Lipinski definition) is 1. The molecule has 1 aliphatic rings. The monoisotopic (exact) mass is 724 g/mol. The molecule has 0 atom stereocenters. The van der Waals surface area contributed by atoms with Crippen LogP contribution in [-0.2, 0) is 10.2 Å². The van der Waals surface area contributed by atoms with E-state index in [1.54, 1.807) is 34.4 Å². The summed E-state index contributed by atoms with van der Waals surface area (Å²) in [5, 5.41) is 8.37. The fourth-order valence-corrected chi connectivity index (χ4v) is 7.66. The van der Waals surface area contributed by atoms with E-state index in [9.17, 15) is 4.79 Å². The summed E-state index contributed by atoms with van der Waals surface area (Å²) >= 11 is 4.89. The van der Waals surface area contributed by atoms with Gasteiger partial charge in [-0.2, -0.15) is 0 Å². The van der Waals surface area contributed by atoms with Gasteiger partial charge in [-0.05, 0) is 56.6 Å². The summed E-state index contributed by atoms with van der Waals surface area (Å²) in [4.78, 5) is 32.7. The molecular formula is C31H35Cl3N6O2S3. The third-order valence-electron chi connectivity index (χ3n) is 7.35. The Morgan fingerprint density at radius 3 is 2.56 bits per heavy atom. The number of hydrogen-bond acceptors (Lipinski definition) is 10.